The van der Waals surface area contributed by atoms with Crippen molar-refractivity contribution in [2.75, 3.05) is 7.05 Å². The van der Waals surface area contributed by atoms with E-state index in [1.807, 2.05) is 6.20 Å². The lowest BCUT2D eigenvalue weighted by molar-refractivity contribution is 0.0555. The third-order valence-electron chi connectivity index (χ3n) is 4.50. The summed E-state index contributed by atoms with van der Waals surface area (Å²) in [4.78, 5) is 6.88. The van der Waals surface area contributed by atoms with Crippen LogP contribution >= 0.6 is 0 Å². The van der Waals surface area contributed by atoms with E-state index in [-0.39, 0.29) is 0 Å². The largest absolute Gasteiger partial charge is 0.300 e. The van der Waals surface area contributed by atoms with Crippen molar-refractivity contribution in [1.82, 2.24) is 9.88 Å². The summed E-state index contributed by atoms with van der Waals surface area (Å²) in [5.74, 6) is 0.750. The second-order valence-electron chi connectivity index (χ2n) is 5.36. The van der Waals surface area contributed by atoms with Crippen LogP contribution in [0.15, 0.2) is 24.5 Å². The van der Waals surface area contributed by atoms with Crippen LogP contribution in [0.2, 0.25) is 0 Å². The molecule has 2 unspecified atom stereocenters. The molecular formula is C14H20N2. The SMILES string of the molecule is CN1C2CCCC1CC(c1cccnc1)C2. The highest BCUT2D eigenvalue weighted by molar-refractivity contribution is 5.17. The zero-order chi connectivity index (χ0) is 11.0. The Morgan fingerprint density at radius 3 is 2.62 bits per heavy atom. The van der Waals surface area contributed by atoms with Crippen LogP contribution in [0.3, 0.4) is 0 Å². The molecule has 0 aromatic carbocycles. The predicted molar refractivity (Wildman–Crippen MR) is 65.4 cm³/mol. The summed E-state index contributed by atoms with van der Waals surface area (Å²) in [7, 11) is 2.31. The minimum atomic E-state index is 0.750. The number of fused-ring (bicyclic) bond motifs is 2. The van der Waals surface area contributed by atoms with E-state index in [9.17, 15) is 0 Å². The number of nitrogens with zero attached hydrogens (tertiary/aromatic N) is 2. The van der Waals surface area contributed by atoms with Gasteiger partial charge in [0.05, 0.1) is 0 Å². The molecule has 0 N–H and O–H groups in total. The number of pyridine rings is 1. The smallest absolute Gasteiger partial charge is 0.0302 e. The molecule has 86 valence electrons. The molecule has 0 amide bonds. The van der Waals surface area contributed by atoms with E-state index in [4.69, 9.17) is 0 Å². The molecular weight excluding hydrogens is 196 g/mol. The Labute approximate surface area is 97.7 Å². The Morgan fingerprint density at radius 1 is 1.25 bits per heavy atom. The van der Waals surface area contributed by atoms with Gasteiger partial charge in [0, 0.05) is 24.5 Å². The molecule has 3 rings (SSSR count). The van der Waals surface area contributed by atoms with Crippen molar-refractivity contribution in [3.8, 4) is 0 Å². The van der Waals surface area contributed by atoms with Gasteiger partial charge < -0.3 is 4.90 Å². The Bertz CT molecular complexity index is 335. The average molecular weight is 216 g/mol. The maximum atomic E-state index is 4.26. The Morgan fingerprint density at radius 2 is 2.00 bits per heavy atom. The summed E-state index contributed by atoms with van der Waals surface area (Å²) in [6.45, 7) is 0. The first-order chi connectivity index (χ1) is 7.84. The normalized spacial score (nSPS) is 34.9. The second-order valence-corrected chi connectivity index (χ2v) is 5.36. The fraction of sp³-hybridized carbons (Fsp3) is 0.643. The number of hydrogen-bond donors (Lipinski definition) is 0. The number of hydrogen-bond acceptors (Lipinski definition) is 2. The molecule has 0 spiro atoms. The van der Waals surface area contributed by atoms with Gasteiger partial charge in [-0.05, 0) is 50.3 Å². The van der Waals surface area contributed by atoms with Crippen molar-refractivity contribution in [3.63, 3.8) is 0 Å². The molecule has 0 saturated carbocycles. The van der Waals surface area contributed by atoms with Crippen LogP contribution in [0.25, 0.3) is 0 Å². The Hall–Kier alpha value is -0.890. The lowest BCUT2D eigenvalue weighted by Gasteiger charge is -2.47. The summed E-state index contributed by atoms with van der Waals surface area (Å²) in [6.07, 6.45) is 10.8. The third-order valence-corrected chi connectivity index (χ3v) is 4.50. The van der Waals surface area contributed by atoms with Gasteiger partial charge in [0.25, 0.3) is 0 Å². The molecule has 3 heterocycles. The molecule has 2 fully saturated rings. The van der Waals surface area contributed by atoms with Crippen molar-refractivity contribution < 1.29 is 0 Å². The van der Waals surface area contributed by atoms with Gasteiger partial charge in [0.2, 0.25) is 0 Å². The van der Waals surface area contributed by atoms with Crippen molar-refractivity contribution in [2.24, 2.45) is 0 Å². The Kier molecular flexibility index (Phi) is 2.68. The monoisotopic (exact) mass is 216 g/mol. The highest BCUT2D eigenvalue weighted by Gasteiger charge is 2.36. The summed E-state index contributed by atoms with van der Waals surface area (Å²) < 4.78 is 0. The van der Waals surface area contributed by atoms with Crippen LogP contribution in [0.1, 0.15) is 43.6 Å². The lowest BCUT2D eigenvalue weighted by Crippen LogP contribution is -2.49. The molecule has 2 aliphatic heterocycles. The van der Waals surface area contributed by atoms with E-state index in [1.165, 1.54) is 37.7 Å². The summed E-state index contributed by atoms with van der Waals surface area (Å²) >= 11 is 0. The first kappa shape index (κ1) is 10.3. The maximum Gasteiger partial charge on any atom is 0.0302 e. The average Bonchev–Trinajstić information content (AvgIpc) is 2.30. The second kappa shape index (κ2) is 4.17. The van der Waals surface area contributed by atoms with Gasteiger partial charge in [-0.1, -0.05) is 12.5 Å². The van der Waals surface area contributed by atoms with Crippen LogP contribution in [0.5, 0.6) is 0 Å². The molecule has 2 nitrogen and oxygen atoms in total. The van der Waals surface area contributed by atoms with Crippen molar-refractivity contribution in [1.29, 1.82) is 0 Å². The van der Waals surface area contributed by atoms with Crippen molar-refractivity contribution in [3.05, 3.63) is 30.1 Å². The van der Waals surface area contributed by atoms with Crippen LogP contribution in [-0.4, -0.2) is 29.0 Å². The standard InChI is InChI=1S/C14H20N2/c1-16-13-5-2-6-14(16)9-12(8-13)11-4-3-7-15-10-11/h3-4,7,10,12-14H,2,5-6,8-9H2,1H3. The fourth-order valence-electron chi connectivity index (χ4n) is 3.51. The highest BCUT2D eigenvalue weighted by atomic mass is 15.2. The van der Waals surface area contributed by atoms with Gasteiger partial charge in [-0.15, -0.1) is 0 Å². The Balaban J connectivity index is 1.80. The number of aromatic nitrogens is 1. The number of piperidine rings is 2. The van der Waals surface area contributed by atoms with Gasteiger partial charge in [-0.3, -0.25) is 4.98 Å². The number of rotatable bonds is 1. The van der Waals surface area contributed by atoms with Gasteiger partial charge >= 0.3 is 0 Å². The molecule has 2 heteroatoms. The molecule has 2 aliphatic rings. The molecule has 2 bridgehead atoms. The molecule has 2 atom stereocenters. The summed E-state index contributed by atoms with van der Waals surface area (Å²) in [5.41, 5.74) is 1.45. The maximum absolute atomic E-state index is 4.26. The van der Waals surface area contributed by atoms with E-state index in [1.54, 1.807) is 0 Å². The van der Waals surface area contributed by atoms with E-state index in [2.05, 4.69) is 35.3 Å². The first-order valence-corrected chi connectivity index (χ1v) is 6.46. The molecule has 2 saturated heterocycles. The molecule has 0 radical (unpaired) electrons. The van der Waals surface area contributed by atoms with Gasteiger partial charge in [0.1, 0.15) is 0 Å². The van der Waals surface area contributed by atoms with Crippen molar-refractivity contribution >= 4 is 0 Å². The third kappa shape index (κ3) is 1.75. The van der Waals surface area contributed by atoms with Crippen LogP contribution < -0.4 is 0 Å². The van der Waals surface area contributed by atoms with Crippen LogP contribution in [0.4, 0.5) is 0 Å². The highest BCUT2D eigenvalue weighted by Crippen LogP contribution is 2.40. The van der Waals surface area contributed by atoms with Crippen molar-refractivity contribution in [2.45, 2.75) is 50.1 Å². The molecule has 16 heavy (non-hydrogen) atoms. The van der Waals surface area contributed by atoms with E-state index in [0.29, 0.717) is 0 Å². The zero-order valence-corrected chi connectivity index (χ0v) is 9.97. The van der Waals surface area contributed by atoms with Gasteiger partial charge in [-0.25, -0.2) is 0 Å². The predicted octanol–water partition coefficient (Wildman–Crippen LogP) is 2.81. The minimum absolute atomic E-state index is 0.750. The zero-order valence-electron chi connectivity index (χ0n) is 9.97. The van der Waals surface area contributed by atoms with E-state index < -0.39 is 0 Å². The topological polar surface area (TPSA) is 16.1 Å². The van der Waals surface area contributed by atoms with Gasteiger partial charge in [-0.2, -0.15) is 0 Å². The van der Waals surface area contributed by atoms with Crippen LogP contribution in [0, 0.1) is 0 Å². The quantitative estimate of drug-likeness (QED) is 0.717. The van der Waals surface area contributed by atoms with Gasteiger partial charge in [0.15, 0.2) is 0 Å². The molecule has 1 aromatic rings. The first-order valence-electron chi connectivity index (χ1n) is 6.46. The summed E-state index contributed by atoms with van der Waals surface area (Å²) in [6, 6.07) is 5.96. The lowest BCUT2D eigenvalue weighted by atomic mass is 9.76. The van der Waals surface area contributed by atoms with Crippen LogP contribution in [-0.2, 0) is 0 Å². The van der Waals surface area contributed by atoms with E-state index in [0.717, 1.165) is 18.0 Å². The molecule has 1 aromatic heterocycles. The summed E-state index contributed by atoms with van der Waals surface area (Å²) in [5, 5.41) is 0. The minimum Gasteiger partial charge on any atom is -0.300 e. The fourth-order valence-corrected chi connectivity index (χ4v) is 3.51. The van der Waals surface area contributed by atoms with E-state index >= 15 is 0 Å². The molecule has 0 aliphatic carbocycles.